The van der Waals surface area contributed by atoms with E-state index in [2.05, 4.69) is 41.2 Å². The van der Waals surface area contributed by atoms with Gasteiger partial charge in [0.05, 0.1) is 45.9 Å². The molecule has 2 aromatic carbocycles. The third kappa shape index (κ3) is 6.43. The lowest BCUT2D eigenvalue weighted by Crippen LogP contribution is -2.22. The van der Waals surface area contributed by atoms with E-state index in [0.29, 0.717) is 27.8 Å². The van der Waals surface area contributed by atoms with Gasteiger partial charge in [0.2, 0.25) is 5.91 Å². The highest BCUT2D eigenvalue weighted by Crippen LogP contribution is 2.32. The number of hydrogen-bond donors (Lipinski definition) is 1. The Hall–Kier alpha value is -4.37. The molecule has 3 heterocycles. The van der Waals surface area contributed by atoms with Crippen molar-refractivity contribution in [1.29, 1.82) is 0 Å². The fraction of sp³-hybridized carbons (Fsp3) is 0.226. The Morgan fingerprint density at radius 2 is 1.77 bits per heavy atom. The molecule has 1 atom stereocenters. The molecule has 0 saturated carbocycles. The molecule has 9 heteroatoms. The zero-order valence-electron chi connectivity index (χ0n) is 22.9. The Balaban J connectivity index is 1.30. The molecule has 40 heavy (non-hydrogen) atoms. The minimum absolute atomic E-state index is 0.117. The summed E-state index contributed by atoms with van der Waals surface area (Å²) in [6, 6.07) is 16.8. The smallest absolute Gasteiger partial charge is 0.228 e. The SMILES string of the molecule is Cc1cc(CC(=O)Nc2cnn(C(C)(C)C)c2)ccc1Oc1ccnc2ccc(S(=O)Cc3ccncc3)cc12. The van der Waals surface area contributed by atoms with Crippen molar-refractivity contribution >= 4 is 33.3 Å². The number of pyridine rings is 2. The van der Waals surface area contributed by atoms with Gasteiger partial charge in [-0.15, -0.1) is 0 Å². The summed E-state index contributed by atoms with van der Waals surface area (Å²) in [6.45, 7) is 8.10. The largest absolute Gasteiger partial charge is 0.456 e. The fourth-order valence-electron chi connectivity index (χ4n) is 4.24. The molecule has 0 fully saturated rings. The summed E-state index contributed by atoms with van der Waals surface area (Å²) in [4.78, 5) is 21.8. The van der Waals surface area contributed by atoms with Crippen LogP contribution < -0.4 is 10.1 Å². The number of nitrogens with zero attached hydrogens (tertiary/aromatic N) is 4. The lowest BCUT2D eigenvalue weighted by atomic mass is 10.1. The van der Waals surface area contributed by atoms with E-state index in [4.69, 9.17) is 4.74 Å². The minimum Gasteiger partial charge on any atom is -0.456 e. The summed E-state index contributed by atoms with van der Waals surface area (Å²) in [7, 11) is -1.23. The number of ether oxygens (including phenoxy) is 1. The summed E-state index contributed by atoms with van der Waals surface area (Å²) in [5.41, 5.74) is 3.99. The van der Waals surface area contributed by atoms with Crippen LogP contribution in [0, 0.1) is 6.92 Å². The van der Waals surface area contributed by atoms with Gasteiger partial charge in [0, 0.05) is 35.1 Å². The third-order valence-electron chi connectivity index (χ3n) is 6.36. The Morgan fingerprint density at radius 3 is 2.50 bits per heavy atom. The van der Waals surface area contributed by atoms with Crippen LogP contribution in [0.15, 0.2) is 90.5 Å². The molecule has 0 aliphatic rings. The summed E-state index contributed by atoms with van der Waals surface area (Å²) < 4.78 is 21.2. The van der Waals surface area contributed by atoms with Crippen LogP contribution in [0.2, 0.25) is 0 Å². The quantitative estimate of drug-likeness (QED) is 0.247. The third-order valence-corrected chi connectivity index (χ3v) is 7.74. The highest BCUT2D eigenvalue weighted by atomic mass is 32.2. The van der Waals surface area contributed by atoms with Crippen molar-refractivity contribution in [3.05, 3.63) is 102 Å². The van der Waals surface area contributed by atoms with E-state index in [9.17, 15) is 9.00 Å². The van der Waals surface area contributed by atoms with Crippen molar-refractivity contribution < 1.29 is 13.7 Å². The molecule has 0 aliphatic heterocycles. The molecule has 0 bridgehead atoms. The monoisotopic (exact) mass is 553 g/mol. The maximum atomic E-state index is 13.1. The van der Waals surface area contributed by atoms with Gasteiger partial charge >= 0.3 is 0 Å². The molecular weight excluding hydrogens is 522 g/mol. The Bertz CT molecular complexity index is 1690. The zero-order chi connectivity index (χ0) is 28.3. The molecule has 5 rings (SSSR count). The molecule has 0 aliphatic carbocycles. The van der Waals surface area contributed by atoms with Crippen molar-refractivity contribution in [3.63, 3.8) is 0 Å². The van der Waals surface area contributed by atoms with Crippen LogP contribution in [0.3, 0.4) is 0 Å². The van der Waals surface area contributed by atoms with Gasteiger partial charge < -0.3 is 10.1 Å². The molecule has 8 nitrogen and oxygen atoms in total. The predicted molar refractivity (Wildman–Crippen MR) is 157 cm³/mol. The van der Waals surface area contributed by atoms with Crippen LogP contribution in [-0.2, 0) is 33.3 Å². The van der Waals surface area contributed by atoms with E-state index in [1.54, 1.807) is 30.9 Å². The number of nitrogens with one attached hydrogen (secondary N) is 1. The van der Waals surface area contributed by atoms with Crippen LogP contribution in [0.5, 0.6) is 11.5 Å². The number of aryl methyl sites for hydroxylation is 1. The number of fused-ring (bicyclic) bond motifs is 1. The number of carbonyl (C=O) groups excluding carboxylic acids is 1. The summed E-state index contributed by atoms with van der Waals surface area (Å²) in [6.07, 6.45) is 8.81. The first kappa shape index (κ1) is 27.2. The van der Waals surface area contributed by atoms with E-state index in [1.165, 1.54) is 0 Å². The second-order valence-electron chi connectivity index (χ2n) is 10.6. The standard InChI is InChI=1S/C31H31N5O3S/c1-21-15-23(16-30(37)35-24-18-34-36(19-24)31(2,3)4)5-8-28(21)39-29-11-14-33-27-7-6-25(17-26(27)29)40(38)20-22-9-12-32-13-10-22/h5-15,17-19H,16,20H2,1-4H3,(H,35,37). The van der Waals surface area contributed by atoms with E-state index >= 15 is 0 Å². The summed E-state index contributed by atoms with van der Waals surface area (Å²) in [5.74, 6) is 1.58. The number of aromatic nitrogens is 4. The average Bonchev–Trinajstić information content (AvgIpc) is 3.40. The van der Waals surface area contributed by atoms with Crippen LogP contribution in [0.4, 0.5) is 5.69 Å². The number of rotatable bonds is 8. The highest BCUT2D eigenvalue weighted by Gasteiger charge is 2.16. The zero-order valence-corrected chi connectivity index (χ0v) is 23.7. The molecule has 204 valence electrons. The first-order valence-electron chi connectivity index (χ1n) is 12.9. The van der Waals surface area contributed by atoms with Crippen molar-refractivity contribution in [2.24, 2.45) is 0 Å². The van der Waals surface area contributed by atoms with Crippen LogP contribution in [0.1, 0.15) is 37.5 Å². The Morgan fingerprint density at radius 1 is 0.975 bits per heavy atom. The van der Waals surface area contributed by atoms with E-state index in [0.717, 1.165) is 27.6 Å². The van der Waals surface area contributed by atoms with Gasteiger partial charge in [-0.2, -0.15) is 5.10 Å². The lowest BCUT2D eigenvalue weighted by molar-refractivity contribution is -0.115. The van der Waals surface area contributed by atoms with Gasteiger partial charge in [0.25, 0.3) is 0 Å². The van der Waals surface area contributed by atoms with Gasteiger partial charge in [0.1, 0.15) is 11.5 Å². The van der Waals surface area contributed by atoms with Gasteiger partial charge in [-0.05, 0) is 86.8 Å². The maximum Gasteiger partial charge on any atom is 0.228 e. The first-order chi connectivity index (χ1) is 19.2. The van der Waals surface area contributed by atoms with E-state index < -0.39 is 10.8 Å². The normalized spacial score (nSPS) is 12.3. The number of benzene rings is 2. The molecule has 0 spiro atoms. The number of amides is 1. The molecule has 3 aromatic heterocycles. The number of carbonyl (C=O) groups is 1. The van der Waals surface area contributed by atoms with Crippen LogP contribution >= 0.6 is 0 Å². The molecule has 1 N–H and O–H groups in total. The fourth-order valence-corrected chi connectivity index (χ4v) is 5.37. The van der Waals surface area contributed by atoms with Crippen LogP contribution in [0.25, 0.3) is 10.9 Å². The van der Waals surface area contributed by atoms with Gasteiger partial charge in [0.15, 0.2) is 0 Å². The van der Waals surface area contributed by atoms with E-state index in [1.807, 2.05) is 66.3 Å². The van der Waals surface area contributed by atoms with Crippen LogP contribution in [-0.4, -0.2) is 29.9 Å². The molecule has 1 unspecified atom stereocenters. The molecule has 0 radical (unpaired) electrons. The predicted octanol–water partition coefficient (Wildman–Crippen LogP) is 6.17. The molecule has 5 aromatic rings. The first-order valence-corrected chi connectivity index (χ1v) is 14.3. The lowest BCUT2D eigenvalue weighted by Gasteiger charge is -2.18. The highest BCUT2D eigenvalue weighted by molar-refractivity contribution is 7.84. The van der Waals surface area contributed by atoms with Crippen molar-refractivity contribution in [2.45, 2.75) is 50.3 Å². The van der Waals surface area contributed by atoms with Gasteiger partial charge in [-0.1, -0.05) is 12.1 Å². The van der Waals surface area contributed by atoms with Gasteiger partial charge in [-0.25, -0.2) is 0 Å². The topological polar surface area (TPSA) is 99.0 Å². The Labute approximate surface area is 235 Å². The minimum atomic E-state index is -1.23. The molecule has 1 amide bonds. The van der Waals surface area contributed by atoms with Gasteiger partial charge in [-0.3, -0.25) is 23.7 Å². The van der Waals surface area contributed by atoms with Crippen molar-refractivity contribution in [3.8, 4) is 11.5 Å². The second kappa shape index (κ2) is 11.4. The Kier molecular flexibility index (Phi) is 7.75. The number of anilines is 1. The van der Waals surface area contributed by atoms with E-state index in [-0.39, 0.29) is 17.9 Å². The number of hydrogen-bond acceptors (Lipinski definition) is 6. The maximum absolute atomic E-state index is 13.1. The van der Waals surface area contributed by atoms with Crippen molar-refractivity contribution in [1.82, 2.24) is 19.7 Å². The molecular formula is C31H31N5O3S. The summed E-state index contributed by atoms with van der Waals surface area (Å²) >= 11 is 0. The average molecular weight is 554 g/mol. The molecule has 0 saturated heterocycles. The van der Waals surface area contributed by atoms with Crippen molar-refractivity contribution in [2.75, 3.05) is 5.32 Å². The summed E-state index contributed by atoms with van der Waals surface area (Å²) in [5, 5.41) is 8.03. The second-order valence-corrected chi connectivity index (χ2v) is 12.1.